The molecule has 13 heavy (non-hydrogen) atoms. The van der Waals surface area contributed by atoms with Crippen LogP contribution in [0.5, 0.6) is 0 Å². The summed E-state index contributed by atoms with van der Waals surface area (Å²) in [7, 11) is 0. The molecule has 0 radical (unpaired) electrons. The molecule has 1 fully saturated rings. The van der Waals surface area contributed by atoms with E-state index in [2.05, 4.69) is 14.9 Å². The zero-order chi connectivity index (χ0) is 9.26. The van der Waals surface area contributed by atoms with Crippen LogP contribution < -0.4 is 10.6 Å². The molecule has 1 aromatic heterocycles. The lowest BCUT2D eigenvalue weighted by molar-refractivity contribution is 0.931. The average Bonchev–Trinajstić information content (AvgIpc) is 2.61. The molecule has 0 saturated carbocycles. The lowest BCUT2D eigenvalue weighted by Gasteiger charge is -2.17. The number of rotatable bonds is 1. The van der Waals surface area contributed by atoms with Crippen molar-refractivity contribution in [2.75, 3.05) is 23.7 Å². The van der Waals surface area contributed by atoms with Gasteiger partial charge in [0.05, 0.1) is 6.20 Å². The van der Waals surface area contributed by atoms with Crippen molar-refractivity contribution >= 4 is 23.4 Å². The van der Waals surface area contributed by atoms with Crippen LogP contribution in [0.3, 0.4) is 0 Å². The Bertz CT molecular complexity index is 309. The van der Waals surface area contributed by atoms with Crippen molar-refractivity contribution in [2.45, 2.75) is 12.8 Å². The van der Waals surface area contributed by atoms with E-state index in [0.717, 1.165) is 18.9 Å². The fraction of sp³-hybridized carbons (Fsp3) is 0.500. The van der Waals surface area contributed by atoms with Crippen molar-refractivity contribution in [1.82, 2.24) is 9.97 Å². The molecule has 1 aromatic rings. The van der Waals surface area contributed by atoms with Crippen LogP contribution in [-0.2, 0) is 0 Å². The minimum Gasteiger partial charge on any atom is -0.368 e. The quantitative estimate of drug-likeness (QED) is 0.740. The van der Waals surface area contributed by atoms with E-state index in [9.17, 15) is 0 Å². The highest BCUT2D eigenvalue weighted by molar-refractivity contribution is 6.32. The third-order valence-corrected chi connectivity index (χ3v) is 2.42. The van der Waals surface area contributed by atoms with Crippen molar-refractivity contribution in [2.24, 2.45) is 0 Å². The van der Waals surface area contributed by atoms with Gasteiger partial charge in [0, 0.05) is 13.1 Å². The summed E-state index contributed by atoms with van der Waals surface area (Å²) >= 11 is 5.95. The number of nitrogens with zero attached hydrogens (tertiary/aromatic N) is 3. The third-order valence-electron chi connectivity index (χ3n) is 2.15. The van der Waals surface area contributed by atoms with Crippen LogP contribution in [0.4, 0.5) is 11.8 Å². The maximum absolute atomic E-state index is 5.95. The van der Waals surface area contributed by atoms with E-state index in [1.54, 1.807) is 6.20 Å². The van der Waals surface area contributed by atoms with Gasteiger partial charge in [-0.05, 0) is 12.8 Å². The van der Waals surface area contributed by atoms with Crippen molar-refractivity contribution < 1.29 is 0 Å². The molecule has 0 aliphatic carbocycles. The van der Waals surface area contributed by atoms with Gasteiger partial charge < -0.3 is 10.6 Å². The second-order valence-corrected chi connectivity index (χ2v) is 3.50. The summed E-state index contributed by atoms with van der Waals surface area (Å²) in [5, 5.41) is 0.580. The molecule has 1 aliphatic heterocycles. The van der Waals surface area contributed by atoms with Crippen LogP contribution in [0.1, 0.15) is 12.8 Å². The number of halogens is 1. The van der Waals surface area contributed by atoms with Crippen LogP contribution in [-0.4, -0.2) is 23.1 Å². The molecule has 2 N–H and O–H groups in total. The SMILES string of the molecule is Nc1ncc(Cl)c(N2CCCC2)n1. The molecule has 5 heteroatoms. The predicted octanol–water partition coefficient (Wildman–Crippen LogP) is 1.31. The standard InChI is InChI=1S/C8H11ClN4/c9-6-5-11-8(10)12-7(6)13-3-1-2-4-13/h5H,1-4H2,(H2,10,11,12). The van der Waals surface area contributed by atoms with Crippen molar-refractivity contribution in [3.8, 4) is 0 Å². The number of anilines is 2. The highest BCUT2D eigenvalue weighted by atomic mass is 35.5. The average molecular weight is 199 g/mol. The van der Waals surface area contributed by atoms with E-state index in [0.29, 0.717) is 5.02 Å². The van der Waals surface area contributed by atoms with Gasteiger partial charge in [0.15, 0.2) is 5.82 Å². The Labute approximate surface area is 81.7 Å². The second kappa shape index (κ2) is 3.38. The first kappa shape index (κ1) is 8.56. The van der Waals surface area contributed by atoms with E-state index in [1.807, 2.05) is 0 Å². The summed E-state index contributed by atoms with van der Waals surface area (Å²) in [6.07, 6.45) is 3.94. The van der Waals surface area contributed by atoms with E-state index in [1.165, 1.54) is 12.8 Å². The minimum atomic E-state index is 0.284. The van der Waals surface area contributed by atoms with Gasteiger partial charge in [-0.15, -0.1) is 0 Å². The van der Waals surface area contributed by atoms with Crippen LogP contribution in [0.2, 0.25) is 5.02 Å². The summed E-state index contributed by atoms with van der Waals surface area (Å²) in [5.74, 6) is 1.05. The minimum absolute atomic E-state index is 0.284. The highest BCUT2D eigenvalue weighted by Gasteiger charge is 2.16. The molecule has 1 saturated heterocycles. The highest BCUT2D eigenvalue weighted by Crippen LogP contribution is 2.25. The van der Waals surface area contributed by atoms with Gasteiger partial charge in [-0.2, -0.15) is 4.98 Å². The number of hydrogen-bond acceptors (Lipinski definition) is 4. The van der Waals surface area contributed by atoms with E-state index < -0.39 is 0 Å². The largest absolute Gasteiger partial charge is 0.368 e. The zero-order valence-electron chi connectivity index (χ0n) is 7.20. The Morgan fingerprint density at radius 1 is 1.38 bits per heavy atom. The fourth-order valence-electron chi connectivity index (χ4n) is 1.52. The monoisotopic (exact) mass is 198 g/mol. The van der Waals surface area contributed by atoms with E-state index in [-0.39, 0.29) is 5.95 Å². The van der Waals surface area contributed by atoms with Crippen molar-refractivity contribution in [1.29, 1.82) is 0 Å². The normalized spacial score (nSPS) is 16.5. The Morgan fingerprint density at radius 3 is 2.77 bits per heavy atom. The predicted molar refractivity (Wildman–Crippen MR) is 52.9 cm³/mol. The second-order valence-electron chi connectivity index (χ2n) is 3.09. The number of nitrogens with two attached hydrogens (primary N) is 1. The molecule has 0 atom stereocenters. The summed E-state index contributed by atoms with van der Waals surface area (Å²) in [6, 6.07) is 0. The molecule has 0 unspecified atom stereocenters. The molecule has 2 rings (SSSR count). The maximum atomic E-state index is 5.95. The molecule has 0 spiro atoms. The Kier molecular flexibility index (Phi) is 2.22. The van der Waals surface area contributed by atoms with Gasteiger partial charge in [0.25, 0.3) is 0 Å². The fourth-order valence-corrected chi connectivity index (χ4v) is 1.73. The molecule has 1 aliphatic rings. The number of nitrogen functional groups attached to an aromatic ring is 1. The van der Waals surface area contributed by atoms with Gasteiger partial charge >= 0.3 is 0 Å². The lowest BCUT2D eigenvalue weighted by Crippen LogP contribution is -2.20. The van der Waals surface area contributed by atoms with Crippen LogP contribution in [0.15, 0.2) is 6.20 Å². The molecule has 4 nitrogen and oxygen atoms in total. The van der Waals surface area contributed by atoms with Crippen LogP contribution in [0.25, 0.3) is 0 Å². The van der Waals surface area contributed by atoms with Crippen LogP contribution >= 0.6 is 11.6 Å². The summed E-state index contributed by atoms with van der Waals surface area (Å²) in [5.41, 5.74) is 5.49. The molecular weight excluding hydrogens is 188 g/mol. The molecule has 2 heterocycles. The lowest BCUT2D eigenvalue weighted by atomic mass is 10.4. The first-order chi connectivity index (χ1) is 6.27. The topological polar surface area (TPSA) is 55.0 Å². The van der Waals surface area contributed by atoms with Gasteiger partial charge in [-0.3, -0.25) is 0 Å². The first-order valence-corrected chi connectivity index (χ1v) is 4.68. The molecule has 0 bridgehead atoms. The number of aromatic nitrogens is 2. The Hall–Kier alpha value is -1.03. The van der Waals surface area contributed by atoms with Gasteiger partial charge in [-0.1, -0.05) is 11.6 Å². The van der Waals surface area contributed by atoms with Gasteiger partial charge in [0.1, 0.15) is 5.02 Å². The maximum Gasteiger partial charge on any atom is 0.222 e. The molecule has 0 aromatic carbocycles. The van der Waals surface area contributed by atoms with Gasteiger partial charge in [0.2, 0.25) is 5.95 Å². The summed E-state index contributed by atoms with van der Waals surface area (Å²) in [4.78, 5) is 10.1. The molecule has 70 valence electrons. The van der Waals surface area contributed by atoms with Crippen molar-refractivity contribution in [3.05, 3.63) is 11.2 Å². The Balaban J connectivity index is 2.32. The van der Waals surface area contributed by atoms with Crippen LogP contribution in [0, 0.1) is 0 Å². The smallest absolute Gasteiger partial charge is 0.222 e. The zero-order valence-corrected chi connectivity index (χ0v) is 7.96. The molecular formula is C8H11ClN4. The molecule has 0 amide bonds. The first-order valence-electron chi connectivity index (χ1n) is 4.30. The van der Waals surface area contributed by atoms with E-state index >= 15 is 0 Å². The summed E-state index contributed by atoms with van der Waals surface area (Å²) < 4.78 is 0. The Morgan fingerprint density at radius 2 is 2.08 bits per heavy atom. The van der Waals surface area contributed by atoms with Gasteiger partial charge in [-0.25, -0.2) is 4.98 Å². The van der Waals surface area contributed by atoms with E-state index in [4.69, 9.17) is 17.3 Å². The number of hydrogen-bond donors (Lipinski definition) is 1. The summed E-state index contributed by atoms with van der Waals surface area (Å²) in [6.45, 7) is 2.02. The third kappa shape index (κ3) is 1.67. The van der Waals surface area contributed by atoms with Crippen molar-refractivity contribution in [3.63, 3.8) is 0 Å².